The molecule has 1 fully saturated rings. The number of amides is 1. The zero-order chi connectivity index (χ0) is 13.8. The van der Waals surface area contributed by atoms with Gasteiger partial charge in [-0.3, -0.25) is 19.5 Å². The van der Waals surface area contributed by atoms with Crippen LogP contribution >= 0.6 is 0 Å². The smallest absolute Gasteiger partial charge is 0.305 e. The number of nitrogens with zero attached hydrogens (tertiary/aromatic N) is 3. The van der Waals surface area contributed by atoms with Gasteiger partial charge in [-0.25, -0.2) is 0 Å². The lowest BCUT2D eigenvalue weighted by Crippen LogP contribution is -2.55. The molecule has 1 aromatic rings. The van der Waals surface area contributed by atoms with Crippen molar-refractivity contribution < 1.29 is 14.7 Å². The molecule has 2 rings (SSSR count). The molecular weight excluding hydrogens is 246 g/mol. The molecule has 19 heavy (non-hydrogen) atoms. The highest BCUT2D eigenvalue weighted by Gasteiger charge is 2.33. The first-order valence-electron chi connectivity index (χ1n) is 6.17. The lowest BCUT2D eigenvalue weighted by atomic mass is 10.1. The van der Waals surface area contributed by atoms with Gasteiger partial charge in [0.2, 0.25) is 5.91 Å². The first kappa shape index (κ1) is 13.5. The van der Waals surface area contributed by atoms with Crippen LogP contribution in [0.5, 0.6) is 0 Å². The summed E-state index contributed by atoms with van der Waals surface area (Å²) in [5, 5.41) is 8.87. The van der Waals surface area contributed by atoms with Crippen LogP contribution in [-0.4, -0.2) is 57.9 Å². The number of rotatable bonds is 4. The Balaban J connectivity index is 2.06. The molecule has 2 heterocycles. The first-order chi connectivity index (χ1) is 9.08. The Morgan fingerprint density at radius 1 is 1.42 bits per heavy atom. The van der Waals surface area contributed by atoms with E-state index in [9.17, 15) is 9.59 Å². The third-order valence-electron chi connectivity index (χ3n) is 3.34. The predicted molar refractivity (Wildman–Crippen MR) is 68.3 cm³/mol. The quantitative estimate of drug-likeness (QED) is 0.840. The summed E-state index contributed by atoms with van der Waals surface area (Å²) in [4.78, 5) is 30.5. The number of carboxylic acid groups (broad SMARTS) is 1. The molecule has 1 aliphatic rings. The van der Waals surface area contributed by atoms with Crippen molar-refractivity contribution >= 4 is 11.9 Å². The number of aliphatic carboxylic acids is 1. The Bertz CT molecular complexity index is 463. The van der Waals surface area contributed by atoms with Gasteiger partial charge < -0.3 is 10.0 Å². The Morgan fingerprint density at radius 2 is 2.11 bits per heavy atom. The second-order valence-corrected chi connectivity index (χ2v) is 4.71. The molecule has 0 bridgehead atoms. The van der Waals surface area contributed by atoms with Gasteiger partial charge in [-0.05, 0) is 24.7 Å². The zero-order valence-corrected chi connectivity index (χ0v) is 10.8. The SMILES string of the molecule is CN1CCN(Cc2ccncc2)C(=O)C1CC(=O)O. The average Bonchev–Trinajstić information content (AvgIpc) is 2.39. The van der Waals surface area contributed by atoms with Crippen molar-refractivity contribution in [3.63, 3.8) is 0 Å². The fraction of sp³-hybridized carbons (Fsp3) is 0.462. The second kappa shape index (κ2) is 5.79. The van der Waals surface area contributed by atoms with E-state index in [4.69, 9.17) is 5.11 Å². The number of carbonyl (C=O) groups excluding carboxylic acids is 1. The highest BCUT2D eigenvalue weighted by atomic mass is 16.4. The van der Waals surface area contributed by atoms with Crippen molar-refractivity contribution in [1.29, 1.82) is 0 Å². The van der Waals surface area contributed by atoms with Crippen LogP contribution in [0.2, 0.25) is 0 Å². The van der Waals surface area contributed by atoms with Gasteiger partial charge in [0.05, 0.1) is 12.5 Å². The molecule has 6 heteroatoms. The number of piperazine rings is 1. The molecule has 6 nitrogen and oxygen atoms in total. The summed E-state index contributed by atoms with van der Waals surface area (Å²) in [5.74, 6) is -1.07. The number of hydrogen-bond acceptors (Lipinski definition) is 4. The predicted octanol–water partition coefficient (Wildman–Crippen LogP) is 0.199. The topological polar surface area (TPSA) is 73.7 Å². The maximum Gasteiger partial charge on any atom is 0.305 e. The maximum atomic E-state index is 12.3. The lowest BCUT2D eigenvalue weighted by molar-refractivity contribution is -0.149. The van der Waals surface area contributed by atoms with Gasteiger partial charge >= 0.3 is 5.97 Å². The molecule has 0 radical (unpaired) electrons. The molecule has 0 spiro atoms. The van der Waals surface area contributed by atoms with Crippen LogP contribution < -0.4 is 0 Å². The second-order valence-electron chi connectivity index (χ2n) is 4.71. The van der Waals surface area contributed by atoms with E-state index in [0.29, 0.717) is 19.6 Å². The molecule has 1 N–H and O–H groups in total. The summed E-state index contributed by atoms with van der Waals surface area (Å²) in [6, 6.07) is 3.16. The summed E-state index contributed by atoms with van der Waals surface area (Å²) in [6.45, 7) is 1.81. The molecule has 1 atom stereocenters. The molecule has 1 amide bonds. The molecule has 1 unspecified atom stereocenters. The monoisotopic (exact) mass is 263 g/mol. The van der Waals surface area contributed by atoms with Gasteiger partial charge in [0.25, 0.3) is 0 Å². The van der Waals surface area contributed by atoms with E-state index in [1.165, 1.54) is 0 Å². The number of carbonyl (C=O) groups is 2. The minimum absolute atomic E-state index is 0.118. The van der Waals surface area contributed by atoms with Crippen LogP contribution in [0.3, 0.4) is 0 Å². The maximum absolute atomic E-state index is 12.3. The van der Waals surface area contributed by atoms with E-state index in [-0.39, 0.29) is 12.3 Å². The fourth-order valence-electron chi connectivity index (χ4n) is 2.22. The Morgan fingerprint density at radius 3 is 2.74 bits per heavy atom. The van der Waals surface area contributed by atoms with Gasteiger partial charge in [-0.2, -0.15) is 0 Å². The van der Waals surface area contributed by atoms with E-state index < -0.39 is 12.0 Å². The van der Waals surface area contributed by atoms with Gasteiger partial charge in [0, 0.05) is 32.0 Å². The van der Waals surface area contributed by atoms with E-state index in [0.717, 1.165) is 5.56 Å². The summed E-state index contributed by atoms with van der Waals surface area (Å²) in [6.07, 6.45) is 3.22. The van der Waals surface area contributed by atoms with Gasteiger partial charge in [-0.1, -0.05) is 0 Å². The van der Waals surface area contributed by atoms with Crippen molar-refractivity contribution in [1.82, 2.24) is 14.8 Å². The number of pyridine rings is 1. The van der Waals surface area contributed by atoms with E-state index in [1.807, 2.05) is 12.1 Å². The average molecular weight is 263 g/mol. The van der Waals surface area contributed by atoms with Crippen molar-refractivity contribution in [3.05, 3.63) is 30.1 Å². The number of hydrogen-bond donors (Lipinski definition) is 1. The van der Waals surface area contributed by atoms with Crippen LogP contribution in [0.25, 0.3) is 0 Å². The van der Waals surface area contributed by atoms with Crippen molar-refractivity contribution in [2.24, 2.45) is 0 Å². The molecule has 0 aliphatic carbocycles. The van der Waals surface area contributed by atoms with Crippen molar-refractivity contribution in [3.8, 4) is 0 Å². The molecular formula is C13H17N3O3. The Labute approximate surface area is 111 Å². The molecule has 1 aliphatic heterocycles. The van der Waals surface area contributed by atoms with Crippen molar-refractivity contribution in [2.75, 3.05) is 20.1 Å². The number of aromatic nitrogens is 1. The van der Waals surface area contributed by atoms with Crippen LogP contribution in [0, 0.1) is 0 Å². The fourth-order valence-corrected chi connectivity index (χ4v) is 2.22. The third kappa shape index (κ3) is 3.29. The molecule has 1 saturated heterocycles. The normalized spacial score (nSPS) is 20.6. The first-order valence-corrected chi connectivity index (χ1v) is 6.17. The molecule has 0 aromatic carbocycles. The highest BCUT2D eigenvalue weighted by molar-refractivity contribution is 5.86. The van der Waals surface area contributed by atoms with E-state index in [1.54, 1.807) is 29.2 Å². The number of likely N-dealkylation sites (N-methyl/N-ethyl adjacent to an activating group) is 1. The largest absolute Gasteiger partial charge is 0.481 e. The van der Waals surface area contributed by atoms with Gasteiger partial charge in [-0.15, -0.1) is 0 Å². The van der Waals surface area contributed by atoms with Gasteiger partial charge in [0.1, 0.15) is 0 Å². The Kier molecular flexibility index (Phi) is 4.11. The summed E-state index contributed by atoms with van der Waals surface area (Å²) >= 11 is 0. The van der Waals surface area contributed by atoms with Crippen LogP contribution in [0.15, 0.2) is 24.5 Å². The summed E-state index contributed by atoms with van der Waals surface area (Å²) in [5.41, 5.74) is 1.00. The van der Waals surface area contributed by atoms with Crippen LogP contribution in [0.4, 0.5) is 0 Å². The standard InChI is InChI=1S/C13H17N3O3/c1-15-6-7-16(9-10-2-4-14-5-3-10)13(19)11(15)8-12(17)18/h2-5,11H,6-9H2,1H3,(H,17,18). The molecule has 1 aromatic heterocycles. The van der Waals surface area contributed by atoms with Crippen LogP contribution in [0.1, 0.15) is 12.0 Å². The molecule has 102 valence electrons. The van der Waals surface area contributed by atoms with Gasteiger partial charge in [0.15, 0.2) is 0 Å². The number of carboxylic acids is 1. The minimum Gasteiger partial charge on any atom is -0.481 e. The Hall–Kier alpha value is -1.95. The summed E-state index contributed by atoms with van der Waals surface area (Å²) in [7, 11) is 1.79. The molecule has 0 saturated carbocycles. The lowest BCUT2D eigenvalue weighted by Gasteiger charge is -2.38. The van der Waals surface area contributed by atoms with Crippen LogP contribution in [-0.2, 0) is 16.1 Å². The summed E-state index contributed by atoms with van der Waals surface area (Å²) < 4.78 is 0. The highest BCUT2D eigenvalue weighted by Crippen LogP contribution is 2.15. The minimum atomic E-state index is -0.948. The third-order valence-corrected chi connectivity index (χ3v) is 3.34. The van der Waals surface area contributed by atoms with E-state index in [2.05, 4.69) is 4.98 Å². The van der Waals surface area contributed by atoms with E-state index >= 15 is 0 Å². The van der Waals surface area contributed by atoms with Crippen molar-refractivity contribution in [2.45, 2.75) is 19.0 Å². The zero-order valence-electron chi connectivity index (χ0n) is 10.8.